The van der Waals surface area contributed by atoms with Gasteiger partial charge in [0.1, 0.15) is 0 Å². The largest absolute Gasteiger partial charge is 0.395 e. The normalized spacial score (nSPS) is 9.33. The van der Waals surface area contributed by atoms with Gasteiger partial charge in [0.05, 0.1) is 26.3 Å². The fourth-order valence-corrected chi connectivity index (χ4v) is 0.608. The zero-order valence-electron chi connectivity index (χ0n) is 7.19. The van der Waals surface area contributed by atoms with Crippen molar-refractivity contribution in [2.24, 2.45) is 0 Å². The Balaban J connectivity index is 0. The second kappa shape index (κ2) is 8.41. The molecule has 0 saturated carbocycles. The van der Waals surface area contributed by atoms with Crippen LogP contribution in [0, 0.1) is 0 Å². The topological polar surface area (TPSA) is 105 Å². The molecule has 0 aromatic heterocycles. The van der Waals surface area contributed by atoms with Crippen LogP contribution in [0.1, 0.15) is 6.92 Å². The second-order valence-corrected chi connectivity index (χ2v) is 1.96. The van der Waals surface area contributed by atoms with Crippen molar-refractivity contribution in [1.29, 1.82) is 0 Å². The highest BCUT2D eigenvalue weighted by Gasteiger charge is 2.05. The Morgan fingerprint density at radius 3 is 2.00 bits per heavy atom. The van der Waals surface area contributed by atoms with Gasteiger partial charge in [0, 0.05) is 6.92 Å². The van der Waals surface area contributed by atoms with E-state index in [0.29, 0.717) is 0 Å². The van der Waals surface area contributed by atoms with Crippen LogP contribution < -0.4 is 6.15 Å². The van der Waals surface area contributed by atoms with Crippen molar-refractivity contribution in [2.45, 2.75) is 6.92 Å². The summed E-state index contributed by atoms with van der Waals surface area (Å²) >= 11 is 0. The molecule has 0 heterocycles. The first-order chi connectivity index (χ1) is 5.20. The molecule has 0 aliphatic carbocycles. The highest BCUT2D eigenvalue weighted by atomic mass is 16.7. The summed E-state index contributed by atoms with van der Waals surface area (Å²) in [6.07, 6.45) is 0. The van der Waals surface area contributed by atoms with Crippen LogP contribution in [-0.4, -0.2) is 47.5 Å². The number of nitrogens with zero attached hydrogens (tertiary/aromatic N) is 1. The molecule has 0 rings (SSSR count). The van der Waals surface area contributed by atoms with Gasteiger partial charge in [0.15, 0.2) is 0 Å². The minimum Gasteiger partial charge on any atom is -0.395 e. The molecule has 0 aromatic carbocycles. The molecule has 0 spiro atoms. The van der Waals surface area contributed by atoms with E-state index >= 15 is 0 Å². The first-order valence-corrected chi connectivity index (χ1v) is 3.36. The van der Waals surface area contributed by atoms with Gasteiger partial charge in [-0.25, -0.2) is 0 Å². The molecule has 0 saturated heterocycles. The maximum Gasteiger partial charge on any atom is 0.322 e. The maximum absolute atomic E-state index is 10.4. The van der Waals surface area contributed by atoms with E-state index in [4.69, 9.17) is 10.2 Å². The minimum atomic E-state index is -0.452. The molecule has 0 radical (unpaired) electrons. The van der Waals surface area contributed by atoms with Gasteiger partial charge in [-0.15, -0.1) is 5.06 Å². The van der Waals surface area contributed by atoms with Gasteiger partial charge in [0.2, 0.25) is 0 Å². The SMILES string of the molecule is CC(=O)ON(CCO)CCO.N. The van der Waals surface area contributed by atoms with E-state index in [1.807, 2.05) is 0 Å². The highest BCUT2D eigenvalue weighted by Crippen LogP contribution is 1.89. The summed E-state index contributed by atoms with van der Waals surface area (Å²) < 4.78 is 0. The minimum absolute atomic E-state index is 0. The number of hydrogen-bond donors (Lipinski definition) is 3. The number of carbonyl (C=O) groups excluding carboxylic acids is 1. The highest BCUT2D eigenvalue weighted by molar-refractivity contribution is 5.65. The van der Waals surface area contributed by atoms with Crippen LogP contribution >= 0.6 is 0 Å². The molecule has 0 bridgehead atoms. The fourth-order valence-electron chi connectivity index (χ4n) is 0.608. The molecule has 0 fully saturated rings. The molecule has 5 N–H and O–H groups in total. The van der Waals surface area contributed by atoms with E-state index in [0.717, 1.165) is 0 Å². The van der Waals surface area contributed by atoms with Crippen molar-refractivity contribution in [3.05, 3.63) is 0 Å². The third-order valence-electron chi connectivity index (χ3n) is 0.956. The molecule has 0 aliphatic rings. The van der Waals surface area contributed by atoms with E-state index in [-0.39, 0.29) is 32.5 Å². The van der Waals surface area contributed by atoms with E-state index in [2.05, 4.69) is 4.84 Å². The van der Waals surface area contributed by atoms with Crippen molar-refractivity contribution < 1.29 is 19.8 Å². The fraction of sp³-hybridized carbons (Fsp3) is 0.833. The smallest absolute Gasteiger partial charge is 0.322 e. The van der Waals surface area contributed by atoms with E-state index in [9.17, 15) is 4.79 Å². The quantitative estimate of drug-likeness (QED) is 0.464. The van der Waals surface area contributed by atoms with Gasteiger partial charge in [-0.2, -0.15) is 0 Å². The Labute approximate surface area is 71.3 Å². The van der Waals surface area contributed by atoms with E-state index < -0.39 is 5.97 Å². The second-order valence-electron chi connectivity index (χ2n) is 1.96. The molecule has 0 amide bonds. The lowest BCUT2D eigenvalue weighted by atomic mass is 10.6. The summed E-state index contributed by atoms with van der Waals surface area (Å²) in [5.74, 6) is -0.452. The molecule has 0 atom stereocenters. The Morgan fingerprint density at radius 1 is 1.33 bits per heavy atom. The predicted molar refractivity (Wildman–Crippen MR) is 42.5 cm³/mol. The Kier molecular flexibility index (Phi) is 9.72. The number of carbonyl (C=O) groups is 1. The first-order valence-electron chi connectivity index (χ1n) is 3.36. The summed E-state index contributed by atoms with van der Waals surface area (Å²) in [5.41, 5.74) is 0. The lowest BCUT2D eigenvalue weighted by molar-refractivity contribution is -0.191. The number of aliphatic hydroxyl groups is 2. The van der Waals surface area contributed by atoms with Crippen LogP contribution in [-0.2, 0) is 9.63 Å². The molecule has 74 valence electrons. The van der Waals surface area contributed by atoms with Crippen LogP contribution in [0.15, 0.2) is 0 Å². The lowest BCUT2D eigenvalue weighted by Crippen LogP contribution is -2.31. The monoisotopic (exact) mass is 180 g/mol. The lowest BCUT2D eigenvalue weighted by Gasteiger charge is -2.17. The van der Waals surface area contributed by atoms with Gasteiger partial charge in [-0.05, 0) is 0 Å². The van der Waals surface area contributed by atoms with Gasteiger partial charge < -0.3 is 21.2 Å². The van der Waals surface area contributed by atoms with Crippen molar-refractivity contribution in [2.75, 3.05) is 26.3 Å². The molecule has 6 heteroatoms. The third-order valence-corrected chi connectivity index (χ3v) is 0.956. The van der Waals surface area contributed by atoms with Crippen LogP contribution in [0.4, 0.5) is 0 Å². The van der Waals surface area contributed by atoms with Crippen molar-refractivity contribution in [3.63, 3.8) is 0 Å². The standard InChI is InChI=1S/C6H13NO4.H3N/c1-6(10)11-7(2-4-8)3-5-9;/h8-9H,2-5H2,1H3;1H3. The van der Waals surface area contributed by atoms with Gasteiger partial charge in [-0.1, -0.05) is 0 Å². The van der Waals surface area contributed by atoms with Gasteiger partial charge in [-0.3, -0.25) is 4.79 Å². The zero-order valence-corrected chi connectivity index (χ0v) is 7.19. The summed E-state index contributed by atoms with van der Waals surface area (Å²) in [7, 11) is 0. The Hall–Kier alpha value is -0.690. The van der Waals surface area contributed by atoms with Crippen molar-refractivity contribution in [3.8, 4) is 0 Å². The number of hydrogen-bond acceptors (Lipinski definition) is 6. The first kappa shape index (κ1) is 13.9. The summed E-state index contributed by atoms with van der Waals surface area (Å²) in [6, 6.07) is 0. The molecular weight excluding hydrogens is 164 g/mol. The van der Waals surface area contributed by atoms with E-state index in [1.165, 1.54) is 12.0 Å². The molecule has 0 unspecified atom stereocenters. The Morgan fingerprint density at radius 2 is 1.75 bits per heavy atom. The van der Waals surface area contributed by atoms with E-state index in [1.54, 1.807) is 0 Å². The molecular formula is C6H16N2O4. The molecule has 0 aromatic rings. The van der Waals surface area contributed by atoms with Crippen LogP contribution in [0.25, 0.3) is 0 Å². The number of rotatable bonds is 5. The third kappa shape index (κ3) is 7.42. The summed E-state index contributed by atoms with van der Waals surface area (Å²) in [6.45, 7) is 1.50. The summed E-state index contributed by atoms with van der Waals surface area (Å²) in [4.78, 5) is 15.0. The predicted octanol–water partition coefficient (Wildman–Crippen LogP) is -1.09. The zero-order chi connectivity index (χ0) is 8.69. The average molecular weight is 180 g/mol. The maximum atomic E-state index is 10.4. The van der Waals surface area contributed by atoms with Crippen LogP contribution in [0.2, 0.25) is 0 Å². The summed E-state index contributed by atoms with van der Waals surface area (Å²) in [5, 5.41) is 18.1. The van der Waals surface area contributed by atoms with Crippen LogP contribution in [0.5, 0.6) is 0 Å². The van der Waals surface area contributed by atoms with Gasteiger partial charge >= 0.3 is 5.97 Å². The van der Waals surface area contributed by atoms with Gasteiger partial charge in [0.25, 0.3) is 0 Å². The Bertz CT molecular complexity index is 114. The van der Waals surface area contributed by atoms with Crippen LogP contribution in [0.3, 0.4) is 0 Å². The number of aliphatic hydroxyl groups excluding tert-OH is 2. The number of hydroxylamine groups is 2. The van der Waals surface area contributed by atoms with Crippen molar-refractivity contribution in [1.82, 2.24) is 11.2 Å². The van der Waals surface area contributed by atoms with Crippen molar-refractivity contribution >= 4 is 5.97 Å². The average Bonchev–Trinajstić information content (AvgIpc) is 1.87. The molecule has 6 nitrogen and oxygen atoms in total. The molecule has 12 heavy (non-hydrogen) atoms. The molecule has 0 aliphatic heterocycles.